The van der Waals surface area contributed by atoms with Crippen molar-refractivity contribution in [2.45, 2.75) is 13.8 Å². The van der Waals surface area contributed by atoms with E-state index in [0.717, 1.165) is 22.4 Å². The molecule has 0 aliphatic carbocycles. The molecule has 2 nitrogen and oxygen atoms in total. The van der Waals surface area contributed by atoms with Crippen LogP contribution in [-0.4, -0.2) is 10.2 Å². The van der Waals surface area contributed by atoms with E-state index < -0.39 is 0 Å². The van der Waals surface area contributed by atoms with Crippen LogP contribution in [-0.2, 0) is 0 Å². The maximum atomic E-state index is 12.8. The van der Waals surface area contributed by atoms with Crippen LogP contribution in [0.4, 0.5) is 4.39 Å². The van der Waals surface area contributed by atoms with Gasteiger partial charge < -0.3 is 0 Å². The van der Waals surface area contributed by atoms with Crippen molar-refractivity contribution in [3.05, 3.63) is 45.9 Å². The SMILES string of the molecule is Cc1c(-c2ccc(F)cc2)n[nH]c(=S)c1C. The lowest BCUT2D eigenvalue weighted by Crippen LogP contribution is -1.96. The molecule has 0 aliphatic heterocycles. The minimum atomic E-state index is -0.248. The summed E-state index contributed by atoms with van der Waals surface area (Å²) in [7, 11) is 0. The molecule has 0 radical (unpaired) electrons. The van der Waals surface area contributed by atoms with Crippen molar-refractivity contribution in [2.75, 3.05) is 0 Å². The van der Waals surface area contributed by atoms with Gasteiger partial charge in [-0.05, 0) is 49.2 Å². The highest BCUT2D eigenvalue weighted by molar-refractivity contribution is 7.71. The zero-order valence-corrected chi connectivity index (χ0v) is 9.86. The zero-order valence-electron chi connectivity index (χ0n) is 9.04. The standard InChI is InChI=1S/C12H11FN2S/c1-7-8(2)12(16)15-14-11(7)9-3-5-10(13)6-4-9/h3-6H,1-2H3,(H,15,16). The lowest BCUT2D eigenvalue weighted by molar-refractivity contribution is 0.628. The molecule has 1 heterocycles. The van der Waals surface area contributed by atoms with E-state index in [2.05, 4.69) is 10.2 Å². The Labute approximate surface area is 98.2 Å². The number of nitrogens with one attached hydrogen (secondary N) is 1. The summed E-state index contributed by atoms with van der Waals surface area (Å²) in [6, 6.07) is 6.27. The smallest absolute Gasteiger partial charge is 0.123 e. The molecule has 0 unspecified atom stereocenters. The van der Waals surface area contributed by atoms with Gasteiger partial charge in [0.2, 0.25) is 0 Å². The third-order valence-electron chi connectivity index (χ3n) is 2.65. The summed E-state index contributed by atoms with van der Waals surface area (Å²) in [5.41, 5.74) is 3.72. The molecule has 16 heavy (non-hydrogen) atoms. The fraction of sp³-hybridized carbons (Fsp3) is 0.167. The molecule has 0 spiro atoms. The number of hydrogen-bond acceptors (Lipinski definition) is 2. The van der Waals surface area contributed by atoms with Gasteiger partial charge in [-0.2, -0.15) is 5.10 Å². The average molecular weight is 234 g/mol. The molecule has 0 atom stereocenters. The maximum Gasteiger partial charge on any atom is 0.123 e. The third-order valence-corrected chi connectivity index (χ3v) is 3.04. The van der Waals surface area contributed by atoms with Gasteiger partial charge in [-0.1, -0.05) is 12.2 Å². The fourth-order valence-electron chi connectivity index (χ4n) is 1.51. The molecule has 82 valence electrons. The van der Waals surface area contributed by atoms with Gasteiger partial charge in [-0.15, -0.1) is 0 Å². The van der Waals surface area contributed by atoms with E-state index in [-0.39, 0.29) is 5.82 Å². The summed E-state index contributed by atoms with van der Waals surface area (Å²) in [4.78, 5) is 0. The minimum absolute atomic E-state index is 0.248. The lowest BCUT2D eigenvalue weighted by atomic mass is 10.0. The molecule has 1 aromatic carbocycles. The second kappa shape index (κ2) is 4.14. The van der Waals surface area contributed by atoms with Crippen molar-refractivity contribution in [3.63, 3.8) is 0 Å². The number of benzene rings is 1. The quantitative estimate of drug-likeness (QED) is 0.764. The van der Waals surface area contributed by atoms with E-state index in [1.54, 1.807) is 12.1 Å². The topological polar surface area (TPSA) is 28.7 Å². The molecule has 4 heteroatoms. The summed E-state index contributed by atoms with van der Waals surface area (Å²) in [6.45, 7) is 3.91. The number of nitrogens with zero attached hydrogens (tertiary/aromatic N) is 1. The van der Waals surface area contributed by atoms with Crippen molar-refractivity contribution in [2.24, 2.45) is 0 Å². The molecule has 0 fully saturated rings. The van der Waals surface area contributed by atoms with Gasteiger partial charge in [0.1, 0.15) is 10.5 Å². The first-order chi connectivity index (χ1) is 7.59. The minimum Gasteiger partial charge on any atom is -0.267 e. The average Bonchev–Trinajstić information content (AvgIpc) is 2.28. The normalized spacial score (nSPS) is 10.4. The van der Waals surface area contributed by atoms with E-state index in [1.165, 1.54) is 12.1 Å². The summed E-state index contributed by atoms with van der Waals surface area (Å²) in [5.74, 6) is -0.248. The van der Waals surface area contributed by atoms with E-state index >= 15 is 0 Å². The summed E-state index contributed by atoms with van der Waals surface area (Å²) in [6.07, 6.45) is 0. The largest absolute Gasteiger partial charge is 0.267 e. The summed E-state index contributed by atoms with van der Waals surface area (Å²) in [5, 5.41) is 6.98. The first-order valence-corrected chi connectivity index (χ1v) is 5.32. The Hall–Kier alpha value is -1.55. The van der Waals surface area contributed by atoms with Gasteiger partial charge in [0.15, 0.2) is 0 Å². The van der Waals surface area contributed by atoms with Gasteiger partial charge in [0, 0.05) is 5.56 Å². The van der Waals surface area contributed by atoms with Crippen molar-refractivity contribution < 1.29 is 4.39 Å². The molecule has 2 rings (SSSR count). The van der Waals surface area contributed by atoms with Crippen LogP contribution in [0.25, 0.3) is 11.3 Å². The van der Waals surface area contributed by atoms with Crippen LogP contribution in [0.5, 0.6) is 0 Å². The number of aromatic amines is 1. The molecule has 0 saturated carbocycles. The Morgan fingerprint density at radius 3 is 2.38 bits per heavy atom. The van der Waals surface area contributed by atoms with Crippen molar-refractivity contribution in [1.82, 2.24) is 10.2 Å². The molecular formula is C12H11FN2S. The Bertz CT molecular complexity index is 573. The molecule has 2 aromatic rings. The van der Waals surface area contributed by atoms with Crippen LogP contribution in [0, 0.1) is 24.3 Å². The fourth-order valence-corrected chi connectivity index (χ4v) is 1.71. The van der Waals surface area contributed by atoms with Crippen LogP contribution in [0.2, 0.25) is 0 Å². The summed E-state index contributed by atoms with van der Waals surface area (Å²) >= 11 is 5.09. The third kappa shape index (κ3) is 1.88. The van der Waals surface area contributed by atoms with Crippen LogP contribution in [0.15, 0.2) is 24.3 Å². The second-order valence-corrected chi connectivity index (χ2v) is 4.07. The van der Waals surface area contributed by atoms with E-state index in [9.17, 15) is 4.39 Å². The van der Waals surface area contributed by atoms with Gasteiger partial charge in [-0.3, -0.25) is 5.10 Å². The first-order valence-electron chi connectivity index (χ1n) is 4.91. The number of H-pyrrole nitrogens is 1. The highest BCUT2D eigenvalue weighted by atomic mass is 32.1. The Kier molecular flexibility index (Phi) is 2.83. The van der Waals surface area contributed by atoms with Crippen LogP contribution in [0.1, 0.15) is 11.1 Å². The van der Waals surface area contributed by atoms with Gasteiger partial charge in [-0.25, -0.2) is 4.39 Å². The van der Waals surface area contributed by atoms with Gasteiger partial charge in [0.05, 0.1) is 5.69 Å². The Morgan fingerprint density at radius 1 is 1.12 bits per heavy atom. The predicted octanol–water partition coefficient (Wildman–Crippen LogP) is 3.56. The molecule has 0 aliphatic rings. The molecular weight excluding hydrogens is 223 g/mol. The Morgan fingerprint density at radius 2 is 1.75 bits per heavy atom. The zero-order chi connectivity index (χ0) is 11.7. The van der Waals surface area contributed by atoms with Crippen LogP contribution >= 0.6 is 12.2 Å². The highest BCUT2D eigenvalue weighted by Gasteiger charge is 2.07. The highest BCUT2D eigenvalue weighted by Crippen LogP contribution is 2.22. The Balaban J connectivity index is 2.61. The van der Waals surface area contributed by atoms with E-state index in [0.29, 0.717) is 4.64 Å². The number of hydrogen-bond donors (Lipinski definition) is 1. The summed E-state index contributed by atoms with van der Waals surface area (Å²) < 4.78 is 13.4. The predicted molar refractivity (Wildman–Crippen MR) is 64.3 cm³/mol. The first kappa shape index (κ1) is 11.0. The molecule has 0 saturated heterocycles. The molecule has 1 N–H and O–H groups in total. The van der Waals surface area contributed by atoms with Gasteiger partial charge in [0.25, 0.3) is 0 Å². The van der Waals surface area contributed by atoms with Crippen LogP contribution in [0.3, 0.4) is 0 Å². The van der Waals surface area contributed by atoms with Crippen molar-refractivity contribution in [3.8, 4) is 11.3 Å². The lowest BCUT2D eigenvalue weighted by Gasteiger charge is -2.07. The monoisotopic (exact) mass is 234 g/mol. The van der Waals surface area contributed by atoms with Crippen molar-refractivity contribution >= 4 is 12.2 Å². The molecule has 0 bridgehead atoms. The number of rotatable bonds is 1. The van der Waals surface area contributed by atoms with Crippen molar-refractivity contribution in [1.29, 1.82) is 0 Å². The van der Waals surface area contributed by atoms with E-state index in [1.807, 2.05) is 13.8 Å². The van der Waals surface area contributed by atoms with Crippen LogP contribution < -0.4 is 0 Å². The molecule has 0 amide bonds. The molecule has 1 aromatic heterocycles. The number of halogens is 1. The second-order valence-electron chi connectivity index (χ2n) is 3.66. The van der Waals surface area contributed by atoms with E-state index in [4.69, 9.17) is 12.2 Å². The van der Waals surface area contributed by atoms with Gasteiger partial charge >= 0.3 is 0 Å². The maximum absolute atomic E-state index is 12.8. The number of aromatic nitrogens is 2.